The van der Waals surface area contributed by atoms with Crippen molar-refractivity contribution >= 4 is 0 Å². The molecule has 2 aromatic rings. The number of nitrogens with zero attached hydrogens (tertiary/aromatic N) is 2. The highest BCUT2D eigenvalue weighted by Crippen LogP contribution is 2.39. The number of benzene rings is 1. The number of nitrogens with one attached hydrogen (secondary N) is 1. The summed E-state index contributed by atoms with van der Waals surface area (Å²) in [6.07, 6.45) is -3.17. The molecule has 0 saturated heterocycles. The number of alkyl halides is 3. The fraction of sp³-hybridized carbons (Fsp3) is 0.333. The van der Waals surface area contributed by atoms with Crippen LogP contribution in [-0.2, 0) is 0 Å². The van der Waals surface area contributed by atoms with Gasteiger partial charge in [0.15, 0.2) is 5.82 Å². The fourth-order valence-corrected chi connectivity index (χ4v) is 2.03. The summed E-state index contributed by atoms with van der Waals surface area (Å²) < 4.78 is 42.5. The van der Waals surface area contributed by atoms with E-state index in [0.717, 1.165) is 12.8 Å². The third kappa shape index (κ3) is 2.40. The van der Waals surface area contributed by atoms with Crippen molar-refractivity contribution in [3.8, 4) is 17.1 Å². The first-order chi connectivity index (χ1) is 9.46. The van der Waals surface area contributed by atoms with E-state index in [1.165, 1.54) is 22.8 Å². The van der Waals surface area contributed by atoms with Crippen molar-refractivity contribution in [3.63, 3.8) is 0 Å². The summed E-state index contributed by atoms with van der Waals surface area (Å²) in [5.41, 5.74) is -0.292. The quantitative estimate of drug-likeness (QED) is 0.942. The molecular formula is C12H10F3N3O2. The van der Waals surface area contributed by atoms with E-state index in [9.17, 15) is 18.0 Å². The first-order valence-corrected chi connectivity index (χ1v) is 5.98. The summed E-state index contributed by atoms with van der Waals surface area (Å²) >= 11 is 0. The average molecular weight is 285 g/mol. The van der Waals surface area contributed by atoms with Gasteiger partial charge in [-0.2, -0.15) is 5.10 Å². The Kier molecular flexibility index (Phi) is 2.81. The van der Waals surface area contributed by atoms with E-state index in [1.54, 1.807) is 6.07 Å². The molecule has 1 N–H and O–H groups in total. The highest BCUT2D eigenvalue weighted by Gasteiger charge is 2.34. The van der Waals surface area contributed by atoms with Crippen molar-refractivity contribution in [2.75, 3.05) is 0 Å². The lowest BCUT2D eigenvalue weighted by atomic mass is 10.2. The predicted molar refractivity (Wildman–Crippen MR) is 63.2 cm³/mol. The van der Waals surface area contributed by atoms with Gasteiger partial charge in [-0.15, -0.1) is 13.2 Å². The van der Waals surface area contributed by atoms with Crippen molar-refractivity contribution in [1.82, 2.24) is 14.8 Å². The molecule has 0 bridgehead atoms. The number of H-pyrrole nitrogens is 1. The molecule has 1 fully saturated rings. The van der Waals surface area contributed by atoms with Crippen LogP contribution in [0, 0.1) is 0 Å². The van der Waals surface area contributed by atoms with Crippen LogP contribution in [0.5, 0.6) is 5.75 Å². The molecule has 1 heterocycles. The van der Waals surface area contributed by atoms with Crippen molar-refractivity contribution in [1.29, 1.82) is 0 Å². The van der Waals surface area contributed by atoms with Gasteiger partial charge in [-0.1, -0.05) is 12.1 Å². The molecule has 20 heavy (non-hydrogen) atoms. The molecule has 0 atom stereocenters. The van der Waals surface area contributed by atoms with Crippen LogP contribution in [0.4, 0.5) is 13.2 Å². The first kappa shape index (κ1) is 12.8. The number of hydrogen-bond acceptors (Lipinski definition) is 3. The van der Waals surface area contributed by atoms with E-state index in [0.29, 0.717) is 0 Å². The minimum atomic E-state index is -4.79. The lowest BCUT2D eigenvalue weighted by Crippen LogP contribution is -2.19. The van der Waals surface area contributed by atoms with Crippen LogP contribution in [0.2, 0.25) is 0 Å². The van der Waals surface area contributed by atoms with Crippen molar-refractivity contribution in [2.45, 2.75) is 25.2 Å². The number of para-hydroxylation sites is 1. The van der Waals surface area contributed by atoms with Gasteiger partial charge in [0.25, 0.3) is 0 Å². The number of aromatic nitrogens is 3. The SMILES string of the molecule is O=c1[nH]nc(-c2ccccc2OC(F)(F)F)n1C1CC1. The summed E-state index contributed by atoms with van der Waals surface area (Å²) in [7, 11) is 0. The molecule has 1 saturated carbocycles. The van der Waals surface area contributed by atoms with Crippen LogP contribution < -0.4 is 10.4 Å². The summed E-state index contributed by atoms with van der Waals surface area (Å²) in [6.45, 7) is 0. The Morgan fingerprint density at radius 2 is 2.00 bits per heavy atom. The summed E-state index contributed by atoms with van der Waals surface area (Å²) in [5.74, 6) is -0.210. The second kappa shape index (κ2) is 4.39. The first-order valence-electron chi connectivity index (χ1n) is 5.98. The molecule has 0 aliphatic heterocycles. The average Bonchev–Trinajstić information content (AvgIpc) is 3.12. The fourth-order valence-electron chi connectivity index (χ4n) is 2.03. The molecule has 0 unspecified atom stereocenters. The predicted octanol–water partition coefficient (Wildman–Crippen LogP) is 2.47. The van der Waals surface area contributed by atoms with Gasteiger partial charge in [0.05, 0.1) is 5.56 Å². The Morgan fingerprint density at radius 3 is 2.65 bits per heavy atom. The third-order valence-electron chi connectivity index (χ3n) is 2.97. The van der Waals surface area contributed by atoms with E-state index >= 15 is 0 Å². The molecule has 1 aromatic heterocycles. The Hall–Kier alpha value is -2.25. The lowest BCUT2D eigenvalue weighted by molar-refractivity contribution is -0.274. The second-order valence-corrected chi connectivity index (χ2v) is 4.50. The molecule has 106 valence electrons. The number of ether oxygens (including phenoxy) is 1. The topological polar surface area (TPSA) is 59.9 Å². The number of rotatable bonds is 3. The Morgan fingerprint density at radius 1 is 1.30 bits per heavy atom. The molecule has 1 aliphatic carbocycles. The Balaban J connectivity index is 2.09. The van der Waals surface area contributed by atoms with E-state index in [-0.39, 0.29) is 23.2 Å². The maximum Gasteiger partial charge on any atom is 0.573 e. The standard InChI is InChI=1S/C12H10F3N3O2/c13-12(14,15)20-9-4-2-1-3-8(9)10-16-17-11(19)18(10)7-5-6-7/h1-4,7H,5-6H2,(H,17,19). The molecule has 0 amide bonds. The molecule has 5 nitrogen and oxygen atoms in total. The number of halogens is 3. The molecule has 0 radical (unpaired) electrons. The molecule has 8 heteroatoms. The number of hydrogen-bond donors (Lipinski definition) is 1. The van der Waals surface area contributed by atoms with E-state index in [4.69, 9.17) is 0 Å². The van der Waals surface area contributed by atoms with E-state index < -0.39 is 12.1 Å². The van der Waals surface area contributed by atoms with Crippen molar-refractivity contribution < 1.29 is 17.9 Å². The van der Waals surface area contributed by atoms with Crippen LogP contribution in [-0.4, -0.2) is 21.1 Å². The van der Waals surface area contributed by atoms with Crippen molar-refractivity contribution in [2.24, 2.45) is 0 Å². The van der Waals surface area contributed by atoms with Crippen LogP contribution in [0.3, 0.4) is 0 Å². The molecule has 3 rings (SSSR count). The van der Waals surface area contributed by atoms with Gasteiger partial charge in [-0.05, 0) is 25.0 Å². The normalized spacial score (nSPS) is 15.3. The van der Waals surface area contributed by atoms with Gasteiger partial charge in [0.1, 0.15) is 5.75 Å². The number of aromatic amines is 1. The van der Waals surface area contributed by atoms with Gasteiger partial charge < -0.3 is 4.74 Å². The van der Waals surface area contributed by atoms with Crippen LogP contribution >= 0.6 is 0 Å². The Labute approximate surface area is 111 Å². The van der Waals surface area contributed by atoms with E-state index in [2.05, 4.69) is 14.9 Å². The lowest BCUT2D eigenvalue weighted by Gasteiger charge is -2.13. The second-order valence-electron chi connectivity index (χ2n) is 4.50. The third-order valence-corrected chi connectivity index (χ3v) is 2.97. The highest BCUT2D eigenvalue weighted by molar-refractivity contribution is 5.64. The molecular weight excluding hydrogens is 275 g/mol. The largest absolute Gasteiger partial charge is 0.573 e. The summed E-state index contributed by atoms with van der Waals surface area (Å²) in [5, 5.41) is 6.08. The zero-order valence-electron chi connectivity index (χ0n) is 10.1. The monoisotopic (exact) mass is 285 g/mol. The highest BCUT2D eigenvalue weighted by atomic mass is 19.4. The summed E-state index contributed by atoms with van der Waals surface area (Å²) in [6, 6.07) is 5.62. The maximum atomic E-state index is 12.4. The molecule has 0 spiro atoms. The zero-order valence-corrected chi connectivity index (χ0v) is 10.1. The van der Waals surface area contributed by atoms with Gasteiger partial charge in [0, 0.05) is 6.04 Å². The minimum Gasteiger partial charge on any atom is -0.405 e. The van der Waals surface area contributed by atoms with Gasteiger partial charge >= 0.3 is 12.1 Å². The zero-order chi connectivity index (χ0) is 14.3. The van der Waals surface area contributed by atoms with Gasteiger partial charge in [-0.3, -0.25) is 4.57 Å². The van der Waals surface area contributed by atoms with Crippen LogP contribution in [0.15, 0.2) is 29.1 Å². The smallest absolute Gasteiger partial charge is 0.405 e. The van der Waals surface area contributed by atoms with Crippen LogP contribution in [0.1, 0.15) is 18.9 Å². The van der Waals surface area contributed by atoms with E-state index in [1.807, 2.05) is 0 Å². The van der Waals surface area contributed by atoms with Gasteiger partial charge in [-0.25, -0.2) is 9.89 Å². The summed E-state index contributed by atoms with van der Waals surface area (Å²) in [4.78, 5) is 11.7. The van der Waals surface area contributed by atoms with Crippen molar-refractivity contribution in [3.05, 3.63) is 34.7 Å². The molecule has 1 aromatic carbocycles. The van der Waals surface area contributed by atoms with Crippen LogP contribution in [0.25, 0.3) is 11.4 Å². The van der Waals surface area contributed by atoms with Gasteiger partial charge in [0.2, 0.25) is 0 Å². The Bertz CT molecular complexity index is 686. The maximum absolute atomic E-state index is 12.4. The minimum absolute atomic E-state index is 0.00445. The molecule has 1 aliphatic rings.